The van der Waals surface area contributed by atoms with Crippen LogP contribution in [0.1, 0.15) is 0 Å². The highest BCUT2D eigenvalue weighted by molar-refractivity contribution is 6.09. The molecule has 0 aliphatic heterocycles. The summed E-state index contributed by atoms with van der Waals surface area (Å²) in [7, 11) is 0. The summed E-state index contributed by atoms with van der Waals surface area (Å²) in [6, 6.07) is 74.4. The van der Waals surface area contributed by atoms with Gasteiger partial charge in [0.25, 0.3) is 0 Å². The molecule has 56 heavy (non-hydrogen) atoms. The van der Waals surface area contributed by atoms with Gasteiger partial charge >= 0.3 is 0 Å². The summed E-state index contributed by atoms with van der Waals surface area (Å²) in [5, 5.41) is 2.15. The van der Waals surface area contributed by atoms with E-state index in [4.69, 9.17) is 15.0 Å². The number of pyridine rings is 3. The highest BCUT2D eigenvalue weighted by Crippen LogP contribution is 2.37. The van der Waals surface area contributed by atoms with Gasteiger partial charge in [0.2, 0.25) is 0 Å². The van der Waals surface area contributed by atoms with Crippen LogP contribution in [0.5, 0.6) is 0 Å². The van der Waals surface area contributed by atoms with E-state index in [-0.39, 0.29) is 0 Å². The summed E-state index contributed by atoms with van der Waals surface area (Å²) in [6.45, 7) is 0. The monoisotopic (exact) mass is 713 g/mol. The average Bonchev–Trinajstić information content (AvgIpc) is 3.29. The fraction of sp³-hybridized carbons (Fsp3) is 0. The number of aromatic nitrogens is 3. The Balaban J connectivity index is 1.03. The lowest BCUT2D eigenvalue weighted by atomic mass is 9.96. The highest BCUT2D eigenvalue weighted by atomic mass is 14.8. The van der Waals surface area contributed by atoms with Gasteiger partial charge in [-0.15, -0.1) is 0 Å². The molecule has 0 atom stereocenters. The van der Waals surface area contributed by atoms with Gasteiger partial charge in [0.05, 0.1) is 33.8 Å². The fourth-order valence-corrected chi connectivity index (χ4v) is 7.57. The zero-order chi connectivity index (χ0) is 37.3. The van der Waals surface area contributed by atoms with Gasteiger partial charge in [-0.3, -0.25) is 0 Å². The van der Waals surface area contributed by atoms with Crippen LogP contribution in [0.15, 0.2) is 212 Å². The van der Waals surface area contributed by atoms with Crippen LogP contribution in [0.3, 0.4) is 0 Å². The molecule has 0 N–H and O–H groups in total. The number of nitrogens with zero attached hydrogens (tertiary/aromatic N) is 3. The van der Waals surface area contributed by atoms with E-state index in [1.54, 1.807) is 0 Å². The topological polar surface area (TPSA) is 38.7 Å². The van der Waals surface area contributed by atoms with Gasteiger partial charge in [0.1, 0.15) is 0 Å². The smallest absolute Gasteiger partial charge is 0.0978 e. The SMILES string of the molecule is c1ccc(-c2cc(-c3ccccc3)nc(-c3ccc(-c4cccc(-c5ccc6ccc7c(-c8ccccc8)cc(-c8ccccc8)nc7c6n5)c4)cc3)c2)cc1. The van der Waals surface area contributed by atoms with E-state index in [1.165, 1.54) is 5.56 Å². The summed E-state index contributed by atoms with van der Waals surface area (Å²) in [6.07, 6.45) is 0. The minimum atomic E-state index is 0.893. The lowest BCUT2D eigenvalue weighted by Crippen LogP contribution is -1.94. The van der Waals surface area contributed by atoms with Crippen LogP contribution < -0.4 is 0 Å². The first-order chi connectivity index (χ1) is 27.7. The van der Waals surface area contributed by atoms with Crippen LogP contribution >= 0.6 is 0 Å². The van der Waals surface area contributed by atoms with Crippen LogP contribution in [-0.4, -0.2) is 15.0 Å². The molecule has 0 aliphatic carbocycles. The number of hydrogen-bond acceptors (Lipinski definition) is 3. The second-order valence-electron chi connectivity index (χ2n) is 14.0. The zero-order valence-electron chi connectivity index (χ0n) is 30.5. The summed E-state index contributed by atoms with van der Waals surface area (Å²) in [5.41, 5.74) is 16.7. The van der Waals surface area contributed by atoms with Crippen LogP contribution in [0.4, 0.5) is 0 Å². The van der Waals surface area contributed by atoms with Crippen LogP contribution in [-0.2, 0) is 0 Å². The predicted molar refractivity (Wildman–Crippen MR) is 233 cm³/mol. The third-order valence-electron chi connectivity index (χ3n) is 10.5. The lowest BCUT2D eigenvalue weighted by molar-refractivity contribution is 1.32. The Kier molecular flexibility index (Phi) is 8.51. The van der Waals surface area contributed by atoms with Crippen molar-refractivity contribution >= 4 is 21.8 Å². The molecular weight excluding hydrogens is 679 g/mol. The van der Waals surface area contributed by atoms with E-state index in [1.807, 2.05) is 12.1 Å². The number of rotatable bonds is 7. The number of hydrogen-bond donors (Lipinski definition) is 0. The molecule has 3 heterocycles. The third kappa shape index (κ3) is 6.42. The van der Waals surface area contributed by atoms with Crippen molar-refractivity contribution in [3.8, 4) is 78.4 Å². The molecule has 10 aromatic rings. The molecular formula is C53H35N3. The fourth-order valence-electron chi connectivity index (χ4n) is 7.57. The van der Waals surface area contributed by atoms with Crippen LogP contribution in [0.2, 0.25) is 0 Å². The Bertz CT molecular complexity index is 2920. The molecule has 0 fully saturated rings. The molecule has 0 bridgehead atoms. The Labute approximate surface area is 326 Å². The third-order valence-corrected chi connectivity index (χ3v) is 10.5. The van der Waals surface area contributed by atoms with Crippen molar-refractivity contribution in [2.45, 2.75) is 0 Å². The van der Waals surface area contributed by atoms with Gasteiger partial charge in [-0.05, 0) is 63.7 Å². The van der Waals surface area contributed by atoms with Crippen molar-refractivity contribution in [1.29, 1.82) is 0 Å². The molecule has 0 saturated heterocycles. The molecule has 3 heteroatoms. The van der Waals surface area contributed by atoms with Crippen molar-refractivity contribution in [3.63, 3.8) is 0 Å². The van der Waals surface area contributed by atoms with Crippen LogP contribution in [0.25, 0.3) is 100 Å². The van der Waals surface area contributed by atoms with E-state index in [0.29, 0.717) is 0 Å². The Morgan fingerprint density at radius 1 is 0.232 bits per heavy atom. The number of benzene rings is 7. The Hall–Kier alpha value is -7.49. The Morgan fingerprint density at radius 3 is 1.34 bits per heavy atom. The van der Waals surface area contributed by atoms with Crippen molar-refractivity contribution in [3.05, 3.63) is 212 Å². The zero-order valence-corrected chi connectivity index (χ0v) is 30.5. The van der Waals surface area contributed by atoms with Crippen molar-refractivity contribution in [1.82, 2.24) is 15.0 Å². The maximum atomic E-state index is 5.33. The predicted octanol–water partition coefficient (Wildman–Crippen LogP) is 13.8. The second kappa shape index (κ2) is 14.4. The summed E-state index contributed by atoms with van der Waals surface area (Å²) in [4.78, 5) is 15.7. The standard InChI is InChI=1S/C53H35N3/c1-5-14-36(15-6-1)45-33-49(39-18-9-3-10-19-39)54-50(34-45)41-26-24-37(25-27-41)43-22-13-23-44(32-43)48-31-29-42-28-30-46-47(38-16-7-2-8-17-38)35-51(40-20-11-4-12-21-40)56-53(46)52(42)55-48/h1-35H. The first-order valence-corrected chi connectivity index (χ1v) is 18.9. The van der Waals surface area contributed by atoms with Gasteiger partial charge in [0, 0.05) is 33.0 Å². The highest BCUT2D eigenvalue weighted by Gasteiger charge is 2.15. The molecule has 0 unspecified atom stereocenters. The van der Waals surface area contributed by atoms with E-state index in [9.17, 15) is 0 Å². The first-order valence-electron chi connectivity index (χ1n) is 18.9. The molecule has 3 aromatic heterocycles. The molecule has 7 aromatic carbocycles. The first kappa shape index (κ1) is 33.1. The average molecular weight is 714 g/mol. The maximum absolute atomic E-state index is 5.33. The van der Waals surface area contributed by atoms with Gasteiger partial charge in [0.15, 0.2) is 0 Å². The molecule has 0 spiro atoms. The molecule has 3 nitrogen and oxygen atoms in total. The van der Waals surface area contributed by atoms with Crippen molar-refractivity contribution in [2.75, 3.05) is 0 Å². The summed E-state index contributed by atoms with van der Waals surface area (Å²) >= 11 is 0. The van der Waals surface area contributed by atoms with Crippen molar-refractivity contribution < 1.29 is 0 Å². The van der Waals surface area contributed by atoms with E-state index in [0.717, 1.165) is 94.7 Å². The second-order valence-corrected chi connectivity index (χ2v) is 14.0. The molecule has 0 radical (unpaired) electrons. The van der Waals surface area contributed by atoms with Crippen LogP contribution in [0, 0.1) is 0 Å². The Morgan fingerprint density at radius 2 is 0.696 bits per heavy atom. The van der Waals surface area contributed by atoms with E-state index >= 15 is 0 Å². The van der Waals surface area contributed by atoms with Gasteiger partial charge in [-0.25, -0.2) is 15.0 Å². The molecule has 0 saturated carbocycles. The van der Waals surface area contributed by atoms with Gasteiger partial charge in [-0.2, -0.15) is 0 Å². The summed E-state index contributed by atoms with van der Waals surface area (Å²) in [5.74, 6) is 0. The summed E-state index contributed by atoms with van der Waals surface area (Å²) < 4.78 is 0. The largest absolute Gasteiger partial charge is 0.248 e. The molecule has 0 amide bonds. The maximum Gasteiger partial charge on any atom is 0.0978 e. The quantitative estimate of drug-likeness (QED) is 0.154. The minimum Gasteiger partial charge on any atom is -0.248 e. The molecule has 10 rings (SSSR count). The minimum absolute atomic E-state index is 0.893. The van der Waals surface area contributed by atoms with Gasteiger partial charge < -0.3 is 0 Å². The normalized spacial score (nSPS) is 11.2. The van der Waals surface area contributed by atoms with E-state index in [2.05, 4.69) is 200 Å². The lowest BCUT2D eigenvalue weighted by Gasteiger charge is -2.13. The molecule has 0 aliphatic rings. The molecule has 262 valence electrons. The van der Waals surface area contributed by atoms with E-state index < -0.39 is 0 Å². The van der Waals surface area contributed by atoms with Gasteiger partial charge in [-0.1, -0.05) is 182 Å². The number of fused-ring (bicyclic) bond motifs is 3. The van der Waals surface area contributed by atoms with Crippen molar-refractivity contribution in [2.24, 2.45) is 0 Å².